The van der Waals surface area contributed by atoms with Crippen LogP contribution in [0.25, 0.3) is 0 Å². The van der Waals surface area contributed by atoms with Crippen molar-refractivity contribution in [1.82, 2.24) is 0 Å². The second kappa shape index (κ2) is 6.05. The first kappa shape index (κ1) is 13.2. The van der Waals surface area contributed by atoms with Crippen LogP contribution in [0.15, 0.2) is 48.5 Å². The fraction of sp³-hybridized carbons (Fsp3) is 0.200. The minimum atomic E-state index is -1.70. The van der Waals surface area contributed by atoms with Gasteiger partial charge in [-0.2, -0.15) is 0 Å². The number of aryl methyl sites for hydroxylation is 2. The zero-order valence-electron chi connectivity index (χ0n) is 10.2. The predicted molar refractivity (Wildman–Crippen MR) is 81.2 cm³/mol. The van der Waals surface area contributed by atoms with E-state index in [0.29, 0.717) is 0 Å². The summed E-state index contributed by atoms with van der Waals surface area (Å²) in [5, 5.41) is 0. The van der Waals surface area contributed by atoms with Gasteiger partial charge in [0.05, 0.1) is 0 Å². The average Bonchev–Trinajstić information content (AvgIpc) is 2.30. The van der Waals surface area contributed by atoms with Gasteiger partial charge in [-0.15, -0.1) is 0 Å². The van der Waals surface area contributed by atoms with Crippen molar-refractivity contribution in [3.05, 3.63) is 59.7 Å². The van der Waals surface area contributed by atoms with Crippen molar-refractivity contribution in [2.45, 2.75) is 13.8 Å². The molecular weight excluding hydrogens is 379 g/mol. The van der Waals surface area contributed by atoms with Gasteiger partial charge in [0.1, 0.15) is 0 Å². The first-order valence-corrected chi connectivity index (χ1v) is 11.8. The number of rotatable bonds is 3. The van der Waals surface area contributed by atoms with Crippen LogP contribution in [0.3, 0.4) is 0 Å². The standard InChI is InChI=1S/2C7H7.CH2Br.Sn/c2*1-7-5-3-2-4-6-7;1-2;/h2*2-3,5-6H,1H3;1H2;. The summed E-state index contributed by atoms with van der Waals surface area (Å²) in [5.74, 6) is 0. The maximum absolute atomic E-state index is 3.73. The van der Waals surface area contributed by atoms with E-state index < -0.39 is 19.8 Å². The third kappa shape index (κ3) is 3.35. The zero-order chi connectivity index (χ0) is 12.3. The van der Waals surface area contributed by atoms with Crippen LogP contribution in [0.5, 0.6) is 0 Å². The molecule has 0 N–H and O–H groups in total. The molecule has 0 aliphatic heterocycles. The van der Waals surface area contributed by atoms with Gasteiger partial charge in [0.15, 0.2) is 0 Å². The van der Waals surface area contributed by atoms with E-state index in [0.717, 1.165) is 3.35 Å². The molecule has 2 rings (SSSR count). The summed E-state index contributed by atoms with van der Waals surface area (Å²) in [7, 11) is 0. The van der Waals surface area contributed by atoms with E-state index in [1.807, 2.05) is 0 Å². The van der Waals surface area contributed by atoms with Crippen molar-refractivity contribution in [2.24, 2.45) is 0 Å². The van der Waals surface area contributed by atoms with E-state index >= 15 is 0 Å². The van der Waals surface area contributed by atoms with Gasteiger partial charge in [0.2, 0.25) is 0 Å². The molecule has 1 radical (unpaired) electrons. The van der Waals surface area contributed by atoms with Gasteiger partial charge in [-0.3, -0.25) is 0 Å². The number of halogens is 1. The van der Waals surface area contributed by atoms with Crippen LogP contribution in [0.1, 0.15) is 11.1 Å². The van der Waals surface area contributed by atoms with Crippen LogP contribution in [-0.4, -0.2) is 23.1 Å². The Morgan fingerprint density at radius 3 is 1.71 bits per heavy atom. The molecule has 0 spiro atoms. The molecule has 17 heavy (non-hydrogen) atoms. The van der Waals surface area contributed by atoms with Crippen molar-refractivity contribution >= 4 is 42.8 Å². The van der Waals surface area contributed by atoms with Crippen molar-refractivity contribution in [3.63, 3.8) is 0 Å². The molecule has 0 saturated carbocycles. The summed E-state index contributed by atoms with van der Waals surface area (Å²) in [4.78, 5) is 0. The molecule has 0 aromatic heterocycles. The molecule has 0 aliphatic carbocycles. The van der Waals surface area contributed by atoms with Gasteiger partial charge in [-0.25, -0.2) is 0 Å². The average molecular weight is 395 g/mol. The van der Waals surface area contributed by atoms with E-state index in [9.17, 15) is 0 Å². The van der Waals surface area contributed by atoms with E-state index in [1.54, 1.807) is 7.16 Å². The molecule has 0 aliphatic rings. The molecule has 87 valence electrons. The zero-order valence-corrected chi connectivity index (χ0v) is 14.6. The van der Waals surface area contributed by atoms with Crippen LogP contribution in [-0.2, 0) is 0 Å². The molecule has 2 heteroatoms. The molecule has 0 fully saturated rings. The molecule has 0 bridgehead atoms. The summed E-state index contributed by atoms with van der Waals surface area (Å²) < 4.78 is 4.31. The normalized spacial score (nSPS) is 10.8. The summed E-state index contributed by atoms with van der Waals surface area (Å²) in [6.07, 6.45) is 0. The Kier molecular flexibility index (Phi) is 4.68. The molecule has 0 saturated heterocycles. The van der Waals surface area contributed by atoms with Gasteiger partial charge in [-0.05, 0) is 0 Å². The third-order valence-corrected chi connectivity index (χ3v) is 13.1. The van der Waals surface area contributed by atoms with Crippen LogP contribution < -0.4 is 7.16 Å². The fourth-order valence-electron chi connectivity index (χ4n) is 1.99. The maximum atomic E-state index is 3.73. The summed E-state index contributed by atoms with van der Waals surface area (Å²) in [6.45, 7) is 4.35. The Hall–Kier alpha value is -0.281. The molecule has 0 nitrogen and oxygen atoms in total. The summed E-state index contributed by atoms with van der Waals surface area (Å²) in [6, 6.07) is 18.0. The fourth-order valence-corrected chi connectivity index (χ4v) is 12.2. The molecular formula is C15H16BrSn. The van der Waals surface area contributed by atoms with Crippen molar-refractivity contribution in [3.8, 4) is 0 Å². The third-order valence-electron chi connectivity index (χ3n) is 2.87. The Morgan fingerprint density at radius 2 is 1.35 bits per heavy atom. The van der Waals surface area contributed by atoms with Gasteiger partial charge >= 0.3 is 120 Å². The number of alkyl halides is 1. The van der Waals surface area contributed by atoms with Gasteiger partial charge in [0, 0.05) is 0 Å². The van der Waals surface area contributed by atoms with Gasteiger partial charge in [0.25, 0.3) is 0 Å². The van der Waals surface area contributed by atoms with Gasteiger partial charge in [-0.1, -0.05) is 0 Å². The first-order valence-electron chi connectivity index (χ1n) is 5.76. The predicted octanol–water partition coefficient (Wildman–Crippen LogP) is 2.85. The Labute approximate surface area is 119 Å². The molecule has 0 amide bonds. The quantitative estimate of drug-likeness (QED) is 0.554. The summed E-state index contributed by atoms with van der Waals surface area (Å²) in [5.41, 5.74) is 2.74. The Bertz CT molecular complexity index is 462. The van der Waals surface area contributed by atoms with E-state index in [1.165, 1.54) is 11.1 Å². The second-order valence-electron chi connectivity index (χ2n) is 4.35. The van der Waals surface area contributed by atoms with Gasteiger partial charge < -0.3 is 0 Å². The number of hydrogen-bond donors (Lipinski definition) is 0. The number of benzene rings is 2. The molecule has 0 unspecified atom stereocenters. The molecule has 2 aromatic rings. The Morgan fingerprint density at radius 1 is 0.882 bits per heavy atom. The van der Waals surface area contributed by atoms with Crippen molar-refractivity contribution in [2.75, 3.05) is 3.35 Å². The SMILES string of the molecule is Cc1ccc[c]([Sn]([CH2]Br)[c]2cccc(C)c2)c1. The van der Waals surface area contributed by atoms with Crippen LogP contribution >= 0.6 is 15.9 Å². The van der Waals surface area contributed by atoms with Crippen LogP contribution in [0.2, 0.25) is 0 Å². The van der Waals surface area contributed by atoms with Crippen molar-refractivity contribution < 1.29 is 0 Å². The minimum absolute atomic E-state index is 1.15. The molecule has 0 heterocycles. The second-order valence-corrected chi connectivity index (χ2v) is 14.9. The summed E-state index contributed by atoms with van der Waals surface area (Å²) >= 11 is 2.03. The molecule has 2 aromatic carbocycles. The monoisotopic (exact) mass is 395 g/mol. The van der Waals surface area contributed by atoms with Crippen LogP contribution in [0, 0.1) is 13.8 Å². The first-order chi connectivity index (χ1) is 8.20. The van der Waals surface area contributed by atoms with E-state index in [-0.39, 0.29) is 0 Å². The van der Waals surface area contributed by atoms with Crippen molar-refractivity contribution in [1.29, 1.82) is 0 Å². The molecule has 0 atom stereocenters. The van der Waals surface area contributed by atoms with Crippen LogP contribution in [0.4, 0.5) is 0 Å². The van der Waals surface area contributed by atoms with E-state index in [4.69, 9.17) is 0 Å². The van der Waals surface area contributed by atoms with E-state index in [2.05, 4.69) is 78.3 Å². The topological polar surface area (TPSA) is 0 Å². The Balaban J connectivity index is 2.40. The number of hydrogen-bond acceptors (Lipinski definition) is 0.